The van der Waals surface area contributed by atoms with Crippen molar-refractivity contribution in [2.75, 3.05) is 0 Å². The number of hydrogen-bond donors (Lipinski definition) is 0. The van der Waals surface area contributed by atoms with E-state index in [0.29, 0.717) is 5.56 Å². The van der Waals surface area contributed by atoms with E-state index in [1.165, 1.54) is 4.90 Å². The number of hydrogen-bond acceptors (Lipinski definition) is 2. The first-order valence-electron chi connectivity index (χ1n) is 6.77. The third-order valence-corrected chi connectivity index (χ3v) is 3.64. The predicted molar refractivity (Wildman–Crippen MR) is 81.2 cm³/mol. The molecule has 3 heteroatoms. The van der Waals surface area contributed by atoms with Gasteiger partial charge in [0.1, 0.15) is 6.04 Å². The molecule has 0 spiro atoms. The Hall–Kier alpha value is -2.86. The van der Waals surface area contributed by atoms with Gasteiger partial charge < -0.3 is 0 Å². The Morgan fingerprint density at radius 1 is 1.14 bits per heavy atom. The Balaban J connectivity index is 1.98. The lowest BCUT2D eigenvalue weighted by Crippen LogP contribution is -2.31. The number of carbonyl (C=O) groups is 1. The molecule has 102 valence electrons. The lowest BCUT2D eigenvalue weighted by Gasteiger charge is -2.28. The molecule has 0 N–H and O–H groups in total. The van der Waals surface area contributed by atoms with Gasteiger partial charge in [-0.25, -0.2) is 0 Å². The van der Waals surface area contributed by atoms with Crippen LogP contribution in [0.5, 0.6) is 0 Å². The molecule has 0 aliphatic carbocycles. The zero-order chi connectivity index (χ0) is 14.8. The molecule has 1 unspecified atom stereocenters. The van der Waals surface area contributed by atoms with Crippen molar-refractivity contribution in [1.82, 2.24) is 4.90 Å². The molecule has 1 aliphatic rings. The van der Waals surface area contributed by atoms with Crippen molar-refractivity contribution in [2.45, 2.75) is 13.0 Å². The summed E-state index contributed by atoms with van der Waals surface area (Å²) in [5.74, 6) is -0.160. The highest BCUT2D eigenvalue weighted by atomic mass is 16.2. The Morgan fingerprint density at radius 2 is 1.86 bits per heavy atom. The van der Waals surface area contributed by atoms with Crippen LogP contribution < -0.4 is 0 Å². The quantitative estimate of drug-likeness (QED) is 0.796. The third kappa shape index (κ3) is 2.32. The van der Waals surface area contributed by atoms with Gasteiger partial charge in [-0.3, -0.25) is 9.69 Å². The molecule has 1 atom stereocenters. The molecule has 0 saturated heterocycles. The highest BCUT2D eigenvalue weighted by Crippen LogP contribution is 2.30. The number of benzene rings is 2. The number of carbonyl (C=O) groups excluding carboxylic acids is 1. The van der Waals surface area contributed by atoms with Crippen LogP contribution in [0.25, 0.3) is 6.08 Å². The predicted octanol–water partition coefficient (Wildman–Crippen LogP) is 3.69. The van der Waals surface area contributed by atoms with Crippen molar-refractivity contribution in [3.8, 4) is 6.07 Å². The van der Waals surface area contributed by atoms with Crippen LogP contribution in [0.4, 0.5) is 0 Å². The van der Waals surface area contributed by atoms with Gasteiger partial charge in [0.05, 0.1) is 6.07 Å². The number of amides is 1. The van der Waals surface area contributed by atoms with E-state index >= 15 is 0 Å². The van der Waals surface area contributed by atoms with Gasteiger partial charge in [-0.15, -0.1) is 0 Å². The second kappa shape index (κ2) is 5.26. The van der Waals surface area contributed by atoms with Gasteiger partial charge in [-0.05, 0) is 36.3 Å². The molecular weight excluding hydrogens is 260 g/mol. The van der Waals surface area contributed by atoms with Crippen LogP contribution in [0.3, 0.4) is 0 Å². The molecule has 2 aromatic carbocycles. The molecule has 1 heterocycles. The Kier molecular flexibility index (Phi) is 3.29. The van der Waals surface area contributed by atoms with Crippen molar-refractivity contribution in [3.05, 3.63) is 77.0 Å². The molecule has 3 rings (SSSR count). The normalized spacial score (nSPS) is 16.2. The molecule has 0 aromatic heterocycles. The van der Waals surface area contributed by atoms with Crippen molar-refractivity contribution >= 4 is 12.0 Å². The third-order valence-electron chi connectivity index (χ3n) is 3.64. The smallest absolute Gasteiger partial charge is 0.259 e. The van der Waals surface area contributed by atoms with Crippen molar-refractivity contribution in [2.24, 2.45) is 0 Å². The molecule has 21 heavy (non-hydrogen) atoms. The lowest BCUT2D eigenvalue weighted by atomic mass is 9.96. The summed E-state index contributed by atoms with van der Waals surface area (Å²) in [6, 6.07) is 16.7. The number of nitrogens with zero attached hydrogens (tertiary/aromatic N) is 2. The van der Waals surface area contributed by atoms with Gasteiger partial charge in [0, 0.05) is 11.8 Å². The number of fused-ring (bicyclic) bond motifs is 1. The van der Waals surface area contributed by atoms with Gasteiger partial charge >= 0.3 is 0 Å². The summed E-state index contributed by atoms with van der Waals surface area (Å²) in [4.78, 5) is 14.1. The van der Waals surface area contributed by atoms with Crippen LogP contribution in [0.2, 0.25) is 0 Å². The van der Waals surface area contributed by atoms with Crippen molar-refractivity contribution in [3.63, 3.8) is 0 Å². The topological polar surface area (TPSA) is 44.1 Å². The second-order valence-corrected chi connectivity index (χ2v) is 5.05. The number of aryl methyl sites for hydroxylation is 1. The molecule has 2 aromatic rings. The number of rotatable bonds is 1. The Labute approximate surface area is 123 Å². The van der Waals surface area contributed by atoms with Gasteiger partial charge in [-0.1, -0.05) is 42.0 Å². The fourth-order valence-electron chi connectivity index (χ4n) is 2.47. The van der Waals surface area contributed by atoms with E-state index in [4.69, 9.17) is 0 Å². The van der Waals surface area contributed by atoms with Crippen LogP contribution in [0.1, 0.15) is 33.1 Å². The summed E-state index contributed by atoms with van der Waals surface area (Å²) < 4.78 is 0. The molecule has 0 saturated carbocycles. The summed E-state index contributed by atoms with van der Waals surface area (Å²) in [5.41, 5.74) is 3.53. The highest BCUT2D eigenvalue weighted by Gasteiger charge is 2.28. The van der Waals surface area contributed by atoms with E-state index in [1.807, 2.05) is 49.4 Å². The first-order valence-corrected chi connectivity index (χ1v) is 6.77. The van der Waals surface area contributed by atoms with Gasteiger partial charge in [-0.2, -0.15) is 5.26 Å². The molecule has 1 aliphatic heterocycles. The minimum Gasteiger partial charge on any atom is -0.294 e. The summed E-state index contributed by atoms with van der Waals surface area (Å²) in [5, 5.41) is 9.47. The number of nitriles is 1. The minimum atomic E-state index is -0.583. The summed E-state index contributed by atoms with van der Waals surface area (Å²) in [7, 11) is 0. The average Bonchev–Trinajstić information content (AvgIpc) is 2.53. The van der Waals surface area contributed by atoms with Crippen LogP contribution in [0, 0.1) is 18.3 Å². The highest BCUT2D eigenvalue weighted by molar-refractivity contribution is 5.96. The molecule has 0 radical (unpaired) electrons. The molecular formula is C18H14N2O. The van der Waals surface area contributed by atoms with E-state index in [2.05, 4.69) is 6.07 Å². The minimum absolute atomic E-state index is 0.160. The lowest BCUT2D eigenvalue weighted by molar-refractivity contribution is 0.0794. The zero-order valence-corrected chi connectivity index (χ0v) is 11.7. The van der Waals surface area contributed by atoms with E-state index in [1.54, 1.807) is 18.3 Å². The SMILES string of the molecule is Cc1ccc(C(=O)N2C=Cc3ccccc3C2C#N)cc1. The van der Waals surface area contributed by atoms with Crippen LogP contribution in [-0.4, -0.2) is 10.8 Å². The average molecular weight is 274 g/mol. The summed E-state index contributed by atoms with van der Waals surface area (Å²) in [6.07, 6.45) is 3.56. The van der Waals surface area contributed by atoms with Crippen LogP contribution >= 0.6 is 0 Å². The first kappa shape index (κ1) is 13.1. The van der Waals surface area contributed by atoms with Crippen molar-refractivity contribution in [1.29, 1.82) is 5.26 Å². The fourth-order valence-corrected chi connectivity index (χ4v) is 2.47. The molecule has 1 amide bonds. The Morgan fingerprint density at radius 3 is 2.57 bits per heavy atom. The maximum Gasteiger partial charge on any atom is 0.259 e. The van der Waals surface area contributed by atoms with E-state index in [-0.39, 0.29) is 5.91 Å². The largest absolute Gasteiger partial charge is 0.294 e. The molecule has 0 bridgehead atoms. The van der Waals surface area contributed by atoms with Crippen molar-refractivity contribution < 1.29 is 4.79 Å². The standard InChI is InChI=1S/C18H14N2O/c1-13-6-8-15(9-7-13)18(21)20-11-10-14-4-2-3-5-16(14)17(20)12-19/h2-11,17H,1H3. The van der Waals surface area contributed by atoms with Gasteiger partial charge in [0.25, 0.3) is 5.91 Å². The monoisotopic (exact) mass is 274 g/mol. The zero-order valence-electron chi connectivity index (χ0n) is 11.7. The molecule has 0 fully saturated rings. The van der Waals surface area contributed by atoms with E-state index < -0.39 is 6.04 Å². The first-order chi connectivity index (χ1) is 10.2. The Bertz CT molecular complexity index is 754. The second-order valence-electron chi connectivity index (χ2n) is 5.05. The van der Waals surface area contributed by atoms with E-state index in [9.17, 15) is 10.1 Å². The maximum absolute atomic E-state index is 12.6. The fraction of sp³-hybridized carbons (Fsp3) is 0.111. The van der Waals surface area contributed by atoms with Crippen LogP contribution in [0.15, 0.2) is 54.7 Å². The van der Waals surface area contributed by atoms with Crippen LogP contribution in [-0.2, 0) is 0 Å². The van der Waals surface area contributed by atoms with Gasteiger partial charge in [0.2, 0.25) is 0 Å². The molecule has 3 nitrogen and oxygen atoms in total. The van der Waals surface area contributed by atoms with E-state index in [0.717, 1.165) is 16.7 Å². The van der Waals surface area contributed by atoms with Gasteiger partial charge in [0.15, 0.2) is 0 Å². The summed E-state index contributed by atoms with van der Waals surface area (Å²) in [6.45, 7) is 1.98. The maximum atomic E-state index is 12.6. The summed E-state index contributed by atoms with van der Waals surface area (Å²) >= 11 is 0.